The summed E-state index contributed by atoms with van der Waals surface area (Å²) in [5.41, 5.74) is 4.88. The molecule has 0 heterocycles. The lowest BCUT2D eigenvalue weighted by molar-refractivity contribution is 0.578. The molecule has 98 valence electrons. The molecule has 0 spiro atoms. The Bertz CT molecular complexity index is 570. The van der Waals surface area contributed by atoms with Gasteiger partial charge in [0.2, 0.25) is 0 Å². The van der Waals surface area contributed by atoms with Crippen molar-refractivity contribution in [2.75, 3.05) is 6.26 Å². The van der Waals surface area contributed by atoms with Crippen LogP contribution in [0.3, 0.4) is 0 Å². The van der Waals surface area contributed by atoms with E-state index in [-0.39, 0.29) is 4.90 Å². The van der Waals surface area contributed by atoms with Crippen LogP contribution in [0.5, 0.6) is 0 Å². The maximum atomic E-state index is 12.0. The van der Waals surface area contributed by atoms with Crippen molar-refractivity contribution >= 4 is 38.3 Å². The summed E-state index contributed by atoms with van der Waals surface area (Å²) in [6, 6.07) is 5.27. The van der Waals surface area contributed by atoms with Gasteiger partial charge in [-0.25, -0.2) is 8.42 Å². The van der Waals surface area contributed by atoms with Gasteiger partial charge in [0.05, 0.1) is 4.90 Å². The molecule has 1 aromatic rings. The first-order valence-corrected chi connectivity index (χ1v) is 8.62. The van der Waals surface area contributed by atoms with Crippen LogP contribution >= 0.6 is 24.0 Å². The molecule has 0 fully saturated rings. The second-order valence-corrected chi connectivity index (χ2v) is 7.17. The summed E-state index contributed by atoms with van der Waals surface area (Å²) in [6.45, 7) is 0. The van der Waals surface area contributed by atoms with Gasteiger partial charge in [-0.1, -0.05) is 30.0 Å². The average molecular weight is 302 g/mol. The van der Waals surface area contributed by atoms with Crippen molar-refractivity contribution < 1.29 is 8.42 Å². The van der Waals surface area contributed by atoms with Crippen molar-refractivity contribution in [3.63, 3.8) is 0 Å². The smallest absolute Gasteiger partial charge is 0.257 e. The van der Waals surface area contributed by atoms with Crippen molar-refractivity contribution in [2.45, 2.75) is 24.2 Å². The predicted molar refractivity (Wildman–Crippen MR) is 78.0 cm³/mol. The second-order valence-electron chi connectivity index (χ2n) is 4.01. The largest absolute Gasteiger partial charge is 0.293 e. The van der Waals surface area contributed by atoms with Crippen molar-refractivity contribution in [1.29, 1.82) is 0 Å². The molecule has 0 bridgehead atoms. The van der Waals surface area contributed by atoms with Gasteiger partial charge >= 0.3 is 0 Å². The number of nitrogens with one attached hydrogen (secondary N) is 2. The summed E-state index contributed by atoms with van der Waals surface area (Å²) in [4.78, 5) is 2.55. The molecule has 0 saturated carbocycles. The Morgan fingerprint density at radius 1 is 1.33 bits per heavy atom. The number of hydrogen-bond donors (Lipinski definition) is 2. The Morgan fingerprint density at radius 3 is 2.78 bits per heavy atom. The van der Waals surface area contributed by atoms with Gasteiger partial charge in [0.25, 0.3) is 10.0 Å². The molecule has 0 aromatic heterocycles. The Labute approximate surface area is 117 Å². The fourth-order valence-electron chi connectivity index (χ4n) is 1.93. The maximum absolute atomic E-state index is 12.0. The molecule has 0 saturated heterocycles. The quantitative estimate of drug-likeness (QED) is 0.656. The van der Waals surface area contributed by atoms with Crippen LogP contribution in [-0.2, 0) is 22.9 Å². The van der Waals surface area contributed by atoms with E-state index in [9.17, 15) is 8.42 Å². The van der Waals surface area contributed by atoms with Crippen LogP contribution in [0.15, 0.2) is 23.1 Å². The zero-order valence-corrected chi connectivity index (χ0v) is 12.3. The van der Waals surface area contributed by atoms with Crippen LogP contribution in [0.2, 0.25) is 0 Å². The minimum atomic E-state index is -3.55. The van der Waals surface area contributed by atoms with Gasteiger partial charge in [-0.2, -0.15) is 0 Å². The van der Waals surface area contributed by atoms with E-state index in [0.29, 0.717) is 4.32 Å². The Balaban J connectivity index is 2.17. The maximum Gasteiger partial charge on any atom is 0.257 e. The van der Waals surface area contributed by atoms with Crippen LogP contribution in [0, 0.1) is 0 Å². The lowest BCUT2D eigenvalue weighted by Crippen LogP contribution is -2.39. The normalized spacial score (nSPS) is 14.3. The van der Waals surface area contributed by atoms with Crippen LogP contribution in [0.4, 0.5) is 0 Å². The third-order valence-corrected chi connectivity index (χ3v) is 5.17. The average Bonchev–Trinajstić information content (AvgIpc) is 2.83. The van der Waals surface area contributed by atoms with Gasteiger partial charge < -0.3 is 0 Å². The molecular weight excluding hydrogens is 288 g/mol. The Kier molecular flexibility index (Phi) is 4.26. The van der Waals surface area contributed by atoms with E-state index in [1.807, 2.05) is 6.07 Å². The minimum Gasteiger partial charge on any atom is -0.293 e. The van der Waals surface area contributed by atoms with Crippen LogP contribution in [0.1, 0.15) is 17.5 Å². The number of rotatable bonds is 3. The van der Waals surface area contributed by atoms with E-state index in [4.69, 9.17) is 12.2 Å². The summed E-state index contributed by atoms with van der Waals surface area (Å²) < 4.78 is 24.4. The summed E-state index contributed by atoms with van der Waals surface area (Å²) in [7, 11) is -3.55. The first-order valence-electron chi connectivity index (χ1n) is 5.50. The van der Waals surface area contributed by atoms with Crippen molar-refractivity contribution in [3.8, 4) is 0 Å². The third-order valence-electron chi connectivity index (χ3n) is 2.85. The number of fused-ring (bicyclic) bond motifs is 1. The van der Waals surface area contributed by atoms with Gasteiger partial charge in [0.15, 0.2) is 0 Å². The number of hydrazine groups is 1. The summed E-state index contributed by atoms with van der Waals surface area (Å²) in [5.74, 6) is 0. The van der Waals surface area contributed by atoms with E-state index in [0.717, 1.165) is 24.8 Å². The van der Waals surface area contributed by atoms with E-state index in [1.54, 1.807) is 18.4 Å². The highest BCUT2D eigenvalue weighted by molar-refractivity contribution is 8.22. The van der Waals surface area contributed by atoms with Crippen LogP contribution in [-0.4, -0.2) is 19.0 Å². The lowest BCUT2D eigenvalue weighted by Gasteiger charge is -2.10. The summed E-state index contributed by atoms with van der Waals surface area (Å²) >= 11 is 6.15. The number of sulfonamides is 1. The number of benzene rings is 1. The molecule has 1 aliphatic rings. The van der Waals surface area contributed by atoms with Gasteiger partial charge in [-0.05, 0) is 48.8 Å². The SMILES string of the molecule is CSC(=S)NNS(=O)(=O)c1ccc2c(c1)CCC2. The summed E-state index contributed by atoms with van der Waals surface area (Å²) in [5, 5.41) is 0. The monoisotopic (exact) mass is 302 g/mol. The van der Waals surface area contributed by atoms with Gasteiger partial charge in [0.1, 0.15) is 4.32 Å². The fourth-order valence-corrected chi connectivity index (χ4v) is 3.17. The van der Waals surface area contributed by atoms with E-state index >= 15 is 0 Å². The van der Waals surface area contributed by atoms with Crippen molar-refractivity contribution in [3.05, 3.63) is 29.3 Å². The number of aryl methyl sites for hydroxylation is 2. The van der Waals surface area contributed by atoms with E-state index < -0.39 is 10.0 Å². The topological polar surface area (TPSA) is 58.2 Å². The first kappa shape index (κ1) is 13.8. The molecule has 0 atom stereocenters. The molecule has 2 N–H and O–H groups in total. The predicted octanol–water partition coefficient (Wildman–Crippen LogP) is 1.61. The number of hydrogen-bond acceptors (Lipinski definition) is 4. The number of thiocarbonyl (C=S) groups is 1. The minimum absolute atomic E-state index is 0.277. The zero-order chi connectivity index (χ0) is 13.2. The lowest BCUT2D eigenvalue weighted by atomic mass is 10.1. The van der Waals surface area contributed by atoms with Crippen molar-refractivity contribution in [1.82, 2.24) is 10.3 Å². The Hall–Kier alpha value is -0.630. The Morgan fingerprint density at radius 2 is 2.06 bits per heavy atom. The molecular formula is C11H14N2O2S3. The molecule has 4 nitrogen and oxygen atoms in total. The zero-order valence-electron chi connectivity index (χ0n) is 9.89. The van der Waals surface area contributed by atoms with Crippen molar-refractivity contribution in [2.24, 2.45) is 0 Å². The molecule has 2 rings (SSSR count). The third kappa shape index (κ3) is 3.03. The highest BCUT2D eigenvalue weighted by Crippen LogP contribution is 2.24. The second kappa shape index (κ2) is 5.56. The molecule has 18 heavy (non-hydrogen) atoms. The standard InChI is InChI=1S/C11H14N2O2S3/c1-17-11(16)12-13-18(14,15)10-6-5-8-3-2-4-9(8)7-10/h5-7,13H,2-4H2,1H3,(H,12,16). The molecule has 1 aromatic carbocycles. The highest BCUT2D eigenvalue weighted by Gasteiger charge is 2.18. The summed E-state index contributed by atoms with van der Waals surface area (Å²) in [6.07, 6.45) is 4.87. The molecule has 0 unspecified atom stereocenters. The van der Waals surface area contributed by atoms with Crippen LogP contribution in [0.25, 0.3) is 0 Å². The molecule has 0 aliphatic heterocycles. The number of thioether (sulfide) groups is 1. The van der Waals surface area contributed by atoms with E-state index in [2.05, 4.69) is 10.3 Å². The van der Waals surface area contributed by atoms with Crippen LogP contribution < -0.4 is 10.3 Å². The highest BCUT2D eigenvalue weighted by atomic mass is 32.2. The molecule has 1 aliphatic carbocycles. The van der Waals surface area contributed by atoms with Gasteiger partial charge in [-0.3, -0.25) is 5.43 Å². The van der Waals surface area contributed by atoms with E-state index in [1.165, 1.54) is 17.3 Å². The van der Waals surface area contributed by atoms with Gasteiger partial charge in [-0.15, -0.1) is 4.83 Å². The molecule has 0 radical (unpaired) electrons. The molecule has 0 amide bonds. The first-order chi connectivity index (χ1) is 8.53. The van der Waals surface area contributed by atoms with Gasteiger partial charge in [0, 0.05) is 0 Å². The fraction of sp³-hybridized carbons (Fsp3) is 0.364. The molecule has 7 heteroatoms.